The van der Waals surface area contributed by atoms with Crippen molar-refractivity contribution >= 4 is 11.9 Å². The molecule has 2 N–H and O–H groups in total. The molecule has 0 radical (unpaired) electrons. The molecule has 5 atom stereocenters. The number of carboxylic acid groups (broad SMARTS) is 1. The van der Waals surface area contributed by atoms with Gasteiger partial charge in [-0.25, -0.2) is 0 Å². The van der Waals surface area contributed by atoms with E-state index in [0.29, 0.717) is 24.2 Å². The van der Waals surface area contributed by atoms with Gasteiger partial charge in [0.05, 0.1) is 5.92 Å². The van der Waals surface area contributed by atoms with Crippen LogP contribution in [0.2, 0.25) is 0 Å². The predicted octanol–water partition coefficient (Wildman–Crippen LogP) is 2.60. The van der Waals surface area contributed by atoms with Crippen LogP contribution in [0.1, 0.15) is 44.9 Å². The van der Waals surface area contributed by atoms with E-state index < -0.39 is 5.97 Å². The predicted molar refractivity (Wildman–Crippen MR) is 79.6 cm³/mol. The molecule has 4 aliphatic carbocycles. The summed E-state index contributed by atoms with van der Waals surface area (Å²) >= 11 is 0. The second-order valence-corrected chi connectivity index (χ2v) is 7.03. The number of nitrogens with one attached hydrogen (secondary N) is 1. The molecule has 0 spiro atoms. The van der Waals surface area contributed by atoms with E-state index in [0.717, 1.165) is 25.8 Å². The van der Waals surface area contributed by atoms with Crippen LogP contribution in [0.3, 0.4) is 0 Å². The highest BCUT2D eigenvalue weighted by molar-refractivity contribution is 5.80. The van der Waals surface area contributed by atoms with Gasteiger partial charge in [-0.15, -0.1) is 0 Å². The first-order valence-corrected chi connectivity index (χ1v) is 8.32. The zero-order valence-electron chi connectivity index (χ0n) is 12.5. The van der Waals surface area contributed by atoms with Gasteiger partial charge in [-0.1, -0.05) is 18.6 Å². The van der Waals surface area contributed by atoms with Crippen molar-refractivity contribution in [3.8, 4) is 0 Å². The van der Waals surface area contributed by atoms with Gasteiger partial charge in [0.2, 0.25) is 5.91 Å². The van der Waals surface area contributed by atoms with Crippen LogP contribution in [0.4, 0.5) is 0 Å². The third-order valence-electron chi connectivity index (χ3n) is 5.64. The smallest absolute Gasteiger partial charge is 0.306 e. The Labute approximate surface area is 126 Å². The van der Waals surface area contributed by atoms with Crippen LogP contribution in [-0.2, 0) is 9.59 Å². The number of carboxylic acids is 1. The molecule has 0 heterocycles. The van der Waals surface area contributed by atoms with E-state index in [1.165, 1.54) is 19.3 Å². The van der Waals surface area contributed by atoms with Crippen LogP contribution in [0.25, 0.3) is 0 Å². The number of hydrogen-bond acceptors (Lipinski definition) is 2. The molecule has 2 saturated carbocycles. The van der Waals surface area contributed by atoms with Crippen molar-refractivity contribution in [2.45, 2.75) is 44.9 Å². The molecule has 4 heteroatoms. The fourth-order valence-corrected chi connectivity index (χ4v) is 4.31. The van der Waals surface area contributed by atoms with Crippen LogP contribution in [-0.4, -0.2) is 23.5 Å². The Morgan fingerprint density at radius 2 is 1.86 bits per heavy atom. The van der Waals surface area contributed by atoms with Crippen LogP contribution in [0, 0.1) is 29.6 Å². The number of rotatable bonds is 4. The molecule has 21 heavy (non-hydrogen) atoms. The standard InChI is InChI=1S/C17H25NO3/c19-16(13-2-1-3-14(9-13)17(20)21)18-10-15-8-11-4-6-12(15)7-5-11/h4,6,11-15H,1-3,5,7-10H2,(H,18,19)(H,20,21). The van der Waals surface area contributed by atoms with Crippen molar-refractivity contribution in [3.63, 3.8) is 0 Å². The summed E-state index contributed by atoms with van der Waals surface area (Å²) in [6.45, 7) is 0.762. The lowest BCUT2D eigenvalue weighted by Gasteiger charge is -2.38. The van der Waals surface area contributed by atoms with Crippen molar-refractivity contribution < 1.29 is 14.7 Å². The van der Waals surface area contributed by atoms with Crippen LogP contribution in [0.5, 0.6) is 0 Å². The van der Waals surface area contributed by atoms with E-state index in [-0.39, 0.29) is 17.7 Å². The molecule has 4 aliphatic rings. The molecule has 1 amide bonds. The average molecular weight is 291 g/mol. The zero-order valence-corrected chi connectivity index (χ0v) is 12.5. The third kappa shape index (κ3) is 3.30. The van der Waals surface area contributed by atoms with Crippen molar-refractivity contribution in [2.75, 3.05) is 6.54 Å². The minimum atomic E-state index is -0.748. The Bertz CT molecular complexity index is 445. The second kappa shape index (κ2) is 6.20. The largest absolute Gasteiger partial charge is 0.481 e. The van der Waals surface area contributed by atoms with Gasteiger partial charge in [0.25, 0.3) is 0 Å². The van der Waals surface area contributed by atoms with Crippen LogP contribution < -0.4 is 5.32 Å². The number of hydrogen-bond donors (Lipinski definition) is 2. The Balaban J connectivity index is 1.48. The summed E-state index contributed by atoms with van der Waals surface area (Å²) in [6.07, 6.45) is 11.3. The van der Waals surface area contributed by atoms with E-state index in [2.05, 4.69) is 17.5 Å². The lowest BCUT2D eigenvalue weighted by atomic mass is 9.69. The van der Waals surface area contributed by atoms with Gasteiger partial charge in [0.15, 0.2) is 0 Å². The molecule has 0 saturated heterocycles. The molecule has 4 rings (SSSR count). The summed E-state index contributed by atoms with van der Waals surface area (Å²) in [6, 6.07) is 0. The molecule has 0 aromatic rings. The van der Waals surface area contributed by atoms with Crippen molar-refractivity contribution in [2.24, 2.45) is 29.6 Å². The summed E-state index contributed by atoms with van der Waals surface area (Å²) in [5.74, 6) is 0.820. The molecular formula is C17H25NO3. The highest BCUT2D eigenvalue weighted by Crippen LogP contribution is 2.40. The highest BCUT2D eigenvalue weighted by Gasteiger charge is 2.34. The maximum absolute atomic E-state index is 12.3. The van der Waals surface area contributed by atoms with E-state index in [4.69, 9.17) is 5.11 Å². The Morgan fingerprint density at radius 1 is 1.05 bits per heavy atom. The number of fused-ring (bicyclic) bond motifs is 2. The van der Waals surface area contributed by atoms with Gasteiger partial charge in [-0.05, 0) is 56.3 Å². The molecule has 2 bridgehead atoms. The fraction of sp³-hybridized carbons (Fsp3) is 0.765. The van der Waals surface area contributed by atoms with Crippen molar-refractivity contribution in [3.05, 3.63) is 12.2 Å². The zero-order chi connectivity index (χ0) is 14.8. The lowest BCUT2D eigenvalue weighted by molar-refractivity contribution is -0.144. The van der Waals surface area contributed by atoms with E-state index in [9.17, 15) is 9.59 Å². The van der Waals surface area contributed by atoms with E-state index in [1.807, 2.05) is 0 Å². The maximum atomic E-state index is 12.3. The molecule has 0 aromatic carbocycles. The molecule has 116 valence electrons. The molecule has 2 fully saturated rings. The third-order valence-corrected chi connectivity index (χ3v) is 5.64. The Hall–Kier alpha value is -1.32. The van der Waals surface area contributed by atoms with Gasteiger partial charge in [0, 0.05) is 12.5 Å². The van der Waals surface area contributed by atoms with E-state index in [1.54, 1.807) is 0 Å². The minimum Gasteiger partial charge on any atom is -0.481 e. The topological polar surface area (TPSA) is 66.4 Å². The number of allylic oxidation sites excluding steroid dienone is 2. The van der Waals surface area contributed by atoms with Gasteiger partial charge in [-0.3, -0.25) is 9.59 Å². The fourth-order valence-electron chi connectivity index (χ4n) is 4.31. The average Bonchev–Trinajstić information content (AvgIpc) is 2.54. The second-order valence-electron chi connectivity index (χ2n) is 7.03. The molecule has 5 unspecified atom stereocenters. The monoisotopic (exact) mass is 291 g/mol. The molecule has 0 aromatic heterocycles. The quantitative estimate of drug-likeness (QED) is 0.782. The van der Waals surface area contributed by atoms with Crippen molar-refractivity contribution in [1.29, 1.82) is 0 Å². The maximum Gasteiger partial charge on any atom is 0.306 e. The number of aliphatic carboxylic acids is 1. The SMILES string of the molecule is O=C(O)C1CCCC(C(=O)NCC2CC3C=CC2CC3)C1. The first-order valence-electron chi connectivity index (χ1n) is 8.32. The van der Waals surface area contributed by atoms with E-state index >= 15 is 0 Å². The summed E-state index contributed by atoms with van der Waals surface area (Å²) in [4.78, 5) is 23.4. The summed E-state index contributed by atoms with van der Waals surface area (Å²) in [5, 5.41) is 12.2. The Morgan fingerprint density at radius 3 is 2.48 bits per heavy atom. The summed E-state index contributed by atoms with van der Waals surface area (Å²) in [7, 11) is 0. The first kappa shape index (κ1) is 14.6. The minimum absolute atomic E-state index is 0.0753. The number of amides is 1. The van der Waals surface area contributed by atoms with Crippen molar-refractivity contribution in [1.82, 2.24) is 5.32 Å². The number of carbonyl (C=O) groups excluding carboxylic acids is 1. The summed E-state index contributed by atoms with van der Waals surface area (Å²) < 4.78 is 0. The lowest BCUT2D eigenvalue weighted by Crippen LogP contribution is -2.41. The number of carbonyl (C=O) groups is 2. The first-order chi connectivity index (χ1) is 10.1. The molecular weight excluding hydrogens is 266 g/mol. The van der Waals surface area contributed by atoms with Gasteiger partial charge < -0.3 is 10.4 Å². The van der Waals surface area contributed by atoms with Crippen LogP contribution in [0.15, 0.2) is 12.2 Å². The molecule has 4 nitrogen and oxygen atoms in total. The highest BCUT2D eigenvalue weighted by atomic mass is 16.4. The van der Waals surface area contributed by atoms with Gasteiger partial charge in [0.1, 0.15) is 0 Å². The van der Waals surface area contributed by atoms with Crippen LogP contribution >= 0.6 is 0 Å². The van der Waals surface area contributed by atoms with Gasteiger partial charge in [-0.2, -0.15) is 0 Å². The van der Waals surface area contributed by atoms with Gasteiger partial charge >= 0.3 is 5.97 Å². The summed E-state index contributed by atoms with van der Waals surface area (Å²) in [5.41, 5.74) is 0. The normalized spacial score (nSPS) is 38.2. The molecule has 0 aliphatic heterocycles. The Kier molecular flexibility index (Phi) is 4.32.